The summed E-state index contributed by atoms with van der Waals surface area (Å²) in [5, 5.41) is 11.5. The van der Waals surface area contributed by atoms with Crippen molar-refractivity contribution >= 4 is 17.7 Å². The zero-order valence-corrected chi connectivity index (χ0v) is 12.0. The van der Waals surface area contributed by atoms with Crippen LogP contribution in [0.15, 0.2) is 24.3 Å². The molecule has 2 amide bonds. The first-order chi connectivity index (χ1) is 10.7. The quantitative estimate of drug-likeness (QED) is 0.892. The topological polar surface area (TPSA) is 78.9 Å². The first-order valence-corrected chi connectivity index (χ1v) is 6.89. The van der Waals surface area contributed by atoms with Crippen LogP contribution < -0.4 is 10.1 Å². The molecule has 126 valence electrons. The molecule has 1 aliphatic heterocycles. The molecule has 23 heavy (non-hydrogen) atoms. The van der Waals surface area contributed by atoms with Gasteiger partial charge in [0.1, 0.15) is 5.75 Å². The summed E-state index contributed by atoms with van der Waals surface area (Å²) >= 11 is 0. The summed E-state index contributed by atoms with van der Waals surface area (Å²) < 4.78 is 39.9. The average Bonchev–Trinajstić information content (AvgIpc) is 2.48. The Labute approximate surface area is 129 Å². The molecule has 6 nitrogen and oxygen atoms in total. The van der Waals surface area contributed by atoms with E-state index in [-0.39, 0.29) is 18.2 Å². The molecule has 0 spiro atoms. The van der Waals surface area contributed by atoms with Crippen LogP contribution in [0.4, 0.5) is 23.7 Å². The number of nitrogens with one attached hydrogen (secondary N) is 1. The van der Waals surface area contributed by atoms with Crippen molar-refractivity contribution in [3.05, 3.63) is 24.3 Å². The van der Waals surface area contributed by atoms with E-state index in [0.29, 0.717) is 25.1 Å². The number of halogens is 3. The van der Waals surface area contributed by atoms with Gasteiger partial charge in [0.05, 0.1) is 5.92 Å². The van der Waals surface area contributed by atoms with E-state index in [9.17, 15) is 22.8 Å². The van der Waals surface area contributed by atoms with Crippen LogP contribution in [0.3, 0.4) is 0 Å². The molecular formula is C14H15F3N2O4. The zero-order valence-electron chi connectivity index (χ0n) is 12.0. The van der Waals surface area contributed by atoms with Crippen LogP contribution in [0.1, 0.15) is 12.8 Å². The SMILES string of the molecule is O=C(Nc1ccc(OC(F)(F)F)cc1)[C@H]1CCCN(C(=O)O)C1. The molecule has 1 atom stereocenters. The van der Waals surface area contributed by atoms with E-state index < -0.39 is 18.4 Å². The number of ether oxygens (including phenoxy) is 1. The molecule has 1 aliphatic rings. The highest BCUT2D eigenvalue weighted by Crippen LogP contribution is 2.24. The minimum absolute atomic E-state index is 0.108. The predicted octanol–water partition coefficient (Wildman–Crippen LogP) is 2.91. The highest BCUT2D eigenvalue weighted by atomic mass is 19.4. The molecule has 0 aliphatic carbocycles. The molecule has 0 radical (unpaired) electrons. The molecule has 1 saturated heterocycles. The fourth-order valence-corrected chi connectivity index (χ4v) is 2.35. The lowest BCUT2D eigenvalue weighted by atomic mass is 9.97. The van der Waals surface area contributed by atoms with Crippen molar-refractivity contribution in [2.45, 2.75) is 19.2 Å². The van der Waals surface area contributed by atoms with E-state index in [1.54, 1.807) is 0 Å². The number of likely N-dealkylation sites (tertiary alicyclic amines) is 1. The van der Waals surface area contributed by atoms with Crippen molar-refractivity contribution in [3.8, 4) is 5.75 Å². The third kappa shape index (κ3) is 5.04. The van der Waals surface area contributed by atoms with E-state index in [2.05, 4.69) is 10.1 Å². The number of carboxylic acid groups (broad SMARTS) is 1. The number of piperidine rings is 1. The van der Waals surface area contributed by atoms with Gasteiger partial charge in [0, 0.05) is 18.8 Å². The Morgan fingerprint density at radius 3 is 2.48 bits per heavy atom. The summed E-state index contributed by atoms with van der Waals surface area (Å²) in [4.78, 5) is 24.2. The van der Waals surface area contributed by atoms with Crippen molar-refractivity contribution in [1.29, 1.82) is 0 Å². The fourth-order valence-electron chi connectivity index (χ4n) is 2.35. The Bertz CT molecular complexity index is 574. The molecule has 2 rings (SSSR count). The summed E-state index contributed by atoms with van der Waals surface area (Å²) in [6.45, 7) is 0.499. The molecule has 0 bridgehead atoms. The summed E-state index contributed by atoms with van der Waals surface area (Å²) in [7, 11) is 0. The van der Waals surface area contributed by atoms with Crippen LogP contribution in [-0.2, 0) is 4.79 Å². The van der Waals surface area contributed by atoms with E-state index in [1.807, 2.05) is 0 Å². The Morgan fingerprint density at radius 1 is 1.26 bits per heavy atom. The molecule has 0 unspecified atom stereocenters. The number of hydrogen-bond acceptors (Lipinski definition) is 3. The molecule has 1 aromatic rings. The maximum Gasteiger partial charge on any atom is 0.573 e. The number of amides is 2. The van der Waals surface area contributed by atoms with Crippen LogP contribution in [0.5, 0.6) is 5.75 Å². The first-order valence-electron chi connectivity index (χ1n) is 6.89. The Kier molecular flexibility index (Phi) is 4.97. The minimum Gasteiger partial charge on any atom is -0.465 e. The van der Waals surface area contributed by atoms with Crippen LogP contribution in [-0.4, -0.2) is 41.5 Å². The lowest BCUT2D eigenvalue weighted by molar-refractivity contribution is -0.274. The van der Waals surface area contributed by atoms with Gasteiger partial charge in [-0.3, -0.25) is 4.79 Å². The number of rotatable bonds is 3. The summed E-state index contributed by atoms with van der Waals surface area (Å²) in [5.74, 6) is -1.23. The van der Waals surface area contributed by atoms with Crippen molar-refractivity contribution in [3.63, 3.8) is 0 Å². The standard InChI is InChI=1S/C14H15F3N2O4/c15-14(16,17)23-11-5-3-10(4-6-11)18-12(20)9-2-1-7-19(8-9)13(21)22/h3-6,9H,1-2,7-8H2,(H,18,20)(H,21,22)/t9-/m0/s1. The second-order valence-corrected chi connectivity index (χ2v) is 5.13. The fraction of sp³-hybridized carbons (Fsp3) is 0.429. The first kappa shape index (κ1) is 16.9. The highest BCUT2D eigenvalue weighted by Gasteiger charge is 2.31. The molecule has 1 heterocycles. The Morgan fingerprint density at radius 2 is 1.91 bits per heavy atom. The summed E-state index contributed by atoms with van der Waals surface area (Å²) in [6.07, 6.45) is -4.70. The largest absolute Gasteiger partial charge is 0.573 e. The van der Waals surface area contributed by atoms with Crippen molar-refractivity contribution in [2.24, 2.45) is 5.92 Å². The van der Waals surface area contributed by atoms with Crippen LogP contribution in [0, 0.1) is 5.92 Å². The molecule has 1 fully saturated rings. The second-order valence-electron chi connectivity index (χ2n) is 5.13. The van der Waals surface area contributed by atoms with Gasteiger partial charge in [-0.25, -0.2) is 4.79 Å². The van der Waals surface area contributed by atoms with Crippen LogP contribution >= 0.6 is 0 Å². The lowest BCUT2D eigenvalue weighted by Crippen LogP contribution is -2.43. The van der Waals surface area contributed by atoms with Crippen molar-refractivity contribution < 1.29 is 32.6 Å². The number of carbonyl (C=O) groups excluding carboxylic acids is 1. The van der Waals surface area contributed by atoms with Gasteiger partial charge in [0.2, 0.25) is 5.91 Å². The van der Waals surface area contributed by atoms with Gasteiger partial charge in [0.15, 0.2) is 0 Å². The van der Waals surface area contributed by atoms with E-state index in [1.165, 1.54) is 17.0 Å². The number of nitrogens with zero attached hydrogens (tertiary/aromatic N) is 1. The van der Waals surface area contributed by atoms with Gasteiger partial charge < -0.3 is 20.1 Å². The number of benzene rings is 1. The normalized spacial score (nSPS) is 18.4. The van der Waals surface area contributed by atoms with Crippen molar-refractivity contribution in [1.82, 2.24) is 4.90 Å². The van der Waals surface area contributed by atoms with E-state index in [0.717, 1.165) is 12.1 Å². The van der Waals surface area contributed by atoms with Gasteiger partial charge in [-0.05, 0) is 37.1 Å². The third-order valence-corrected chi connectivity index (χ3v) is 3.42. The lowest BCUT2D eigenvalue weighted by Gasteiger charge is -2.29. The Hall–Kier alpha value is -2.45. The molecule has 9 heteroatoms. The molecule has 0 saturated carbocycles. The number of hydrogen-bond donors (Lipinski definition) is 2. The van der Waals surface area contributed by atoms with Gasteiger partial charge in [-0.15, -0.1) is 13.2 Å². The zero-order chi connectivity index (χ0) is 17.0. The predicted molar refractivity (Wildman–Crippen MR) is 74.1 cm³/mol. The molecular weight excluding hydrogens is 317 g/mol. The average molecular weight is 332 g/mol. The molecule has 1 aromatic carbocycles. The van der Waals surface area contributed by atoms with Crippen LogP contribution in [0.25, 0.3) is 0 Å². The number of anilines is 1. The maximum absolute atomic E-state index is 12.1. The van der Waals surface area contributed by atoms with Crippen molar-refractivity contribution in [2.75, 3.05) is 18.4 Å². The maximum atomic E-state index is 12.1. The smallest absolute Gasteiger partial charge is 0.465 e. The molecule has 0 aromatic heterocycles. The van der Waals surface area contributed by atoms with E-state index in [4.69, 9.17) is 5.11 Å². The highest BCUT2D eigenvalue weighted by molar-refractivity contribution is 5.93. The van der Waals surface area contributed by atoms with Gasteiger partial charge in [-0.1, -0.05) is 0 Å². The third-order valence-electron chi connectivity index (χ3n) is 3.42. The minimum atomic E-state index is -4.77. The Balaban J connectivity index is 1.93. The molecule has 2 N–H and O–H groups in total. The van der Waals surface area contributed by atoms with Gasteiger partial charge >= 0.3 is 12.5 Å². The number of alkyl halides is 3. The van der Waals surface area contributed by atoms with Crippen LogP contribution in [0.2, 0.25) is 0 Å². The summed E-state index contributed by atoms with van der Waals surface area (Å²) in [6, 6.07) is 4.76. The van der Waals surface area contributed by atoms with Gasteiger partial charge in [-0.2, -0.15) is 0 Å². The van der Waals surface area contributed by atoms with Gasteiger partial charge in [0.25, 0.3) is 0 Å². The van der Waals surface area contributed by atoms with E-state index >= 15 is 0 Å². The monoisotopic (exact) mass is 332 g/mol. The second kappa shape index (κ2) is 6.76. The number of carbonyl (C=O) groups is 2. The summed E-state index contributed by atoms with van der Waals surface area (Å²) in [5.41, 5.74) is 0.317.